The number of ether oxygens (including phenoxy) is 2. The van der Waals surface area contributed by atoms with E-state index in [4.69, 9.17) is 9.47 Å². The van der Waals surface area contributed by atoms with Crippen LogP contribution in [0.2, 0.25) is 0 Å². The van der Waals surface area contributed by atoms with E-state index in [-0.39, 0.29) is 54.9 Å². The monoisotopic (exact) mass is 684 g/mol. The van der Waals surface area contributed by atoms with Gasteiger partial charge in [0.2, 0.25) is 11.8 Å². The molecular formula is C36H36N4O6Zn. The second-order valence-corrected chi connectivity index (χ2v) is 10.9. The Morgan fingerprint density at radius 3 is 1.26 bits per heavy atom. The standard InChI is InChI=1S/2C18H18N2O3.Zn/c2*1-12(21)20-17(13-7-9-14(23-2)10-8-13)11-16(19-20)15-5-3-4-6-18(15)22;/h2*3-10,17,19H,11H2,1-2H3;/b2*16-15-;. The molecule has 2 fully saturated rings. The van der Waals surface area contributed by atoms with E-state index in [1.54, 1.807) is 48.5 Å². The minimum Gasteiger partial charge on any atom is -0.497 e. The van der Waals surface area contributed by atoms with Crippen LogP contribution in [0.15, 0.2) is 120 Å². The molecule has 2 unspecified atom stereocenters. The number of rotatable bonds is 4. The number of allylic oxidation sites excluding steroid dienone is 10. The molecule has 2 amide bonds. The number of nitrogens with zero attached hydrogens (tertiary/aromatic N) is 2. The molecule has 0 aromatic heterocycles. The number of hydrogen-bond acceptors (Lipinski definition) is 8. The van der Waals surface area contributed by atoms with Crippen molar-refractivity contribution in [2.24, 2.45) is 0 Å². The number of amides is 2. The summed E-state index contributed by atoms with van der Waals surface area (Å²) < 4.78 is 10.3. The van der Waals surface area contributed by atoms with Gasteiger partial charge >= 0.3 is 0 Å². The fourth-order valence-corrected chi connectivity index (χ4v) is 5.66. The Bertz CT molecular complexity index is 1590. The zero-order valence-corrected chi connectivity index (χ0v) is 29.8. The molecule has 11 heteroatoms. The summed E-state index contributed by atoms with van der Waals surface area (Å²) in [4.78, 5) is 48.0. The molecule has 238 valence electrons. The largest absolute Gasteiger partial charge is 0.497 e. The van der Waals surface area contributed by atoms with Crippen LogP contribution in [0.4, 0.5) is 0 Å². The first-order chi connectivity index (χ1) is 22.2. The molecule has 2 N–H and O–H groups in total. The Balaban J connectivity index is 0.000000208. The summed E-state index contributed by atoms with van der Waals surface area (Å²) in [7, 11) is 3.23. The average molecular weight is 686 g/mol. The van der Waals surface area contributed by atoms with Crippen molar-refractivity contribution in [3.8, 4) is 11.5 Å². The van der Waals surface area contributed by atoms with Gasteiger partial charge in [-0.25, -0.2) is 10.0 Å². The molecule has 2 saturated heterocycles. The number of hydrogen-bond donors (Lipinski definition) is 2. The summed E-state index contributed by atoms with van der Waals surface area (Å²) in [5.74, 6) is 1.25. The molecule has 2 aromatic rings. The zero-order valence-electron chi connectivity index (χ0n) is 26.9. The number of carbonyl (C=O) groups is 4. The number of hydrazine groups is 2. The number of ketones is 2. The Labute approximate surface area is 286 Å². The molecule has 0 saturated carbocycles. The molecule has 0 spiro atoms. The maximum absolute atomic E-state index is 12.0. The molecule has 0 bridgehead atoms. The van der Waals surface area contributed by atoms with Crippen molar-refractivity contribution in [2.45, 2.75) is 38.8 Å². The number of nitrogens with one attached hydrogen (secondary N) is 2. The molecule has 2 atom stereocenters. The predicted molar refractivity (Wildman–Crippen MR) is 173 cm³/mol. The van der Waals surface area contributed by atoms with Crippen molar-refractivity contribution >= 4 is 23.4 Å². The second kappa shape index (κ2) is 15.5. The third-order valence-corrected chi connectivity index (χ3v) is 8.03. The molecule has 10 nitrogen and oxygen atoms in total. The van der Waals surface area contributed by atoms with E-state index in [1.807, 2.05) is 60.7 Å². The molecule has 2 aromatic carbocycles. The Kier molecular flexibility index (Phi) is 11.5. The van der Waals surface area contributed by atoms with Crippen LogP contribution in [-0.4, -0.2) is 47.6 Å². The average Bonchev–Trinajstić information content (AvgIpc) is 3.72. The van der Waals surface area contributed by atoms with Crippen molar-refractivity contribution < 1.29 is 48.1 Å². The summed E-state index contributed by atoms with van der Waals surface area (Å²) in [6, 6.07) is 14.9. The van der Waals surface area contributed by atoms with Crippen molar-refractivity contribution in [1.29, 1.82) is 0 Å². The molecular weight excluding hydrogens is 650 g/mol. The first-order valence-electron chi connectivity index (χ1n) is 14.9. The van der Waals surface area contributed by atoms with E-state index in [2.05, 4.69) is 10.9 Å². The van der Waals surface area contributed by atoms with E-state index in [0.29, 0.717) is 24.0 Å². The van der Waals surface area contributed by atoms with E-state index in [9.17, 15) is 19.2 Å². The fourth-order valence-electron chi connectivity index (χ4n) is 5.66. The van der Waals surface area contributed by atoms with Gasteiger partial charge < -0.3 is 9.47 Å². The molecule has 2 heterocycles. The van der Waals surface area contributed by atoms with E-state index in [0.717, 1.165) is 34.0 Å². The quantitative estimate of drug-likeness (QED) is 0.346. The Morgan fingerprint density at radius 2 is 0.957 bits per heavy atom. The first kappa shape index (κ1) is 34.8. The summed E-state index contributed by atoms with van der Waals surface area (Å²) in [6.45, 7) is 3.02. The van der Waals surface area contributed by atoms with Gasteiger partial charge in [-0.05, 0) is 59.7 Å². The molecule has 6 rings (SSSR count). The van der Waals surface area contributed by atoms with Crippen molar-refractivity contribution in [3.05, 3.63) is 131 Å². The number of methoxy groups -OCH3 is 2. The van der Waals surface area contributed by atoms with Crippen LogP contribution in [0.5, 0.6) is 11.5 Å². The van der Waals surface area contributed by atoms with Gasteiger partial charge in [-0.15, -0.1) is 0 Å². The first-order valence-corrected chi connectivity index (χ1v) is 14.9. The van der Waals surface area contributed by atoms with Gasteiger partial charge in [0.15, 0.2) is 11.6 Å². The van der Waals surface area contributed by atoms with Crippen LogP contribution in [0, 0.1) is 0 Å². The van der Waals surface area contributed by atoms with Crippen molar-refractivity contribution in [3.63, 3.8) is 0 Å². The molecule has 47 heavy (non-hydrogen) atoms. The fraction of sp³-hybridized carbons (Fsp3) is 0.222. The minimum absolute atomic E-state index is 0. The third-order valence-electron chi connectivity index (χ3n) is 8.03. The minimum atomic E-state index is -0.145. The molecule has 2 aliphatic heterocycles. The molecule has 4 aliphatic rings. The van der Waals surface area contributed by atoms with Gasteiger partial charge in [0.25, 0.3) is 0 Å². The van der Waals surface area contributed by atoms with Crippen LogP contribution in [0.1, 0.15) is 49.9 Å². The maximum atomic E-state index is 12.0. The van der Waals surface area contributed by atoms with Crippen LogP contribution in [0.3, 0.4) is 0 Å². The zero-order chi connectivity index (χ0) is 32.8. The Hall–Kier alpha value is -5.02. The van der Waals surface area contributed by atoms with Gasteiger partial charge in [0.1, 0.15) is 11.5 Å². The summed E-state index contributed by atoms with van der Waals surface area (Å²) in [5.41, 5.74) is 10.9. The van der Waals surface area contributed by atoms with Gasteiger partial charge in [-0.2, -0.15) is 0 Å². The van der Waals surface area contributed by atoms with Gasteiger partial charge in [-0.3, -0.25) is 30.0 Å². The topological polar surface area (TPSA) is 117 Å². The summed E-state index contributed by atoms with van der Waals surface area (Å²) in [6.07, 6.45) is 14.8. The van der Waals surface area contributed by atoms with Crippen molar-refractivity contribution in [2.75, 3.05) is 14.2 Å². The van der Waals surface area contributed by atoms with Gasteiger partial charge in [0.05, 0.1) is 26.3 Å². The second-order valence-electron chi connectivity index (χ2n) is 10.9. The van der Waals surface area contributed by atoms with E-state index >= 15 is 0 Å². The summed E-state index contributed by atoms with van der Waals surface area (Å²) in [5, 5.41) is 3.15. The van der Waals surface area contributed by atoms with E-state index in [1.165, 1.54) is 26.0 Å². The van der Waals surface area contributed by atoms with Gasteiger partial charge in [-0.1, -0.05) is 48.6 Å². The molecule has 0 radical (unpaired) electrons. The normalized spacial score (nSPS) is 22.6. The smallest absolute Gasteiger partial charge is 0.238 e. The van der Waals surface area contributed by atoms with Crippen LogP contribution < -0.4 is 20.3 Å². The van der Waals surface area contributed by atoms with E-state index < -0.39 is 0 Å². The summed E-state index contributed by atoms with van der Waals surface area (Å²) >= 11 is 0. The van der Waals surface area contributed by atoms with Gasteiger partial charge in [0, 0.05) is 68.7 Å². The molecule has 2 aliphatic carbocycles. The maximum Gasteiger partial charge on any atom is 0.238 e. The predicted octanol–water partition coefficient (Wildman–Crippen LogP) is 4.88. The van der Waals surface area contributed by atoms with Crippen molar-refractivity contribution in [1.82, 2.24) is 20.9 Å². The van der Waals surface area contributed by atoms with Crippen LogP contribution in [-0.2, 0) is 38.7 Å². The van der Waals surface area contributed by atoms with Crippen LogP contribution >= 0.6 is 0 Å². The Morgan fingerprint density at radius 1 is 0.617 bits per heavy atom. The number of benzene rings is 2. The SMILES string of the molecule is COc1ccc(C2C/C(=C3\C=CC=CC3=O)NN2C(C)=O)cc1.COc1ccc(C2C/C(=C3\C=CC=CC3=O)NN2C(C)=O)cc1.[Zn]. The van der Waals surface area contributed by atoms with Crippen LogP contribution in [0.25, 0.3) is 0 Å². The number of carbonyl (C=O) groups excluding carboxylic acids is 4. The third kappa shape index (κ3) is 7.87.